The molecule has 5 rings (SSSR count). The van der Waals surface area contributed by atoms with E-state index in [0.717, 1.165) is 28.4 Å². The van der Waals surface area contributed by atoms with Crippen LogP contribution < -0.4 is 9.47 Å². The summed E-state index contributed by atoms with van der Waals surface area (Å²) >= 11 is 0. The average molecular weight is 479 g/mol. The summed E-state index contributed by atoms with van der Waals surface area (Å²) in [6.07, 6.45) is 0. The van der Waals surface area contributed by atoms with Gasteiger partial charge in [-0.15, -0.1) is 0 Å². The molecular formula is C33H34O3. The molecule has 3 nitrogen and oxygen atoms in total. The van der Waals surface area contributed by atoms with Crippen LogP contribution in [0.2, 0.25) is 0 Å². The lowest BCUT2D eigenvalue weighted by Crippen LogP contribution is -1.86. The van der Waals surface area contributed by atoms with Crippen molar-refractivity contribution in [3.63, 3.8) is 0 Å². The van der Waals surface area contributed by atoms with Gasteiger partial charge in [0, 0.05) is 6.07 Å². The van der Waals surface area contributed by atoms with E-state index in [1.807, 2.05) is 105 Å². The number of phenols is 1. The van der Waals surface area contributed by atoms with E-state index in [0.29, 0.717) is 11.7 Å². The van der Waals surface area contributed by atoms with Crippen molar-refractivity contribution in [2.24, 2.45) is 0 Å². The third kappa shape index (κ3) is 7.92. The quantitative estimate of drug-likeness (QED) is 0.273. The normalized spacial score (nSPS) is 10.0. The van der Waals surface area contributed by atoms with Crippen LogP contribution in [0.5, 0.6) is 28.7 Å². The van der Waals surface area contributed by atoms with Crippen molar-refractivity contribution in [3.05, 3.63) is 127 Å². The van der Waals surface area contributed by atoms with Crippen molar-refractivity contribution in [2.75, 3.05) is 0 Å². The summed E-state index contributed by atoms with van der Waals surface area (Å²) in [5.41, 5.74) is 1.34. The number of hydrogen-bond acceptors (Lipinski definition) is 3. The molecule has 184 valence electrons. The highest BCUT2D eigenvalue weighted by atomic mass is 16.5. The maximum atomic E-state index is 9.31. The number of fused-ring (bicyclic) bond motifs is 1. The molecule has 0 aliphatic carbocycles. The first-order valence-corrected chi connectivity index (χ1v) is 12.4. The van der Waals surface area contributed by atoms with Crippen LogP contribution in [0.25, 0.3) is 10.8 Å². The predicted molar refractivity (Wildman–Crippen MR) is 151 cm³/mol. The van der Waals surface area contributed by atoms with Gasteiger partial charge in [0.1, 0.15) is 28.7 Å². The second-order valence-corrected chi connectivity index (χ2v) is 8.25. The first kappa shape index (κ1) is 26.4. The van der Waals surface area contributed by atoms with Crippen molar-refractivity contribution < 1.29 is 14.6 Å². The smallest absolute Gasteiger partial charge is 0.131 e. The molecule has 0 spiro atoms. The van der Waals surface area contributed by atoms with E-state index >= 15 is 0 Å². The van der Waals surface area contributed by atoms with E-state index in [9.17, 15) is 5.11 Å². The van der Waals surface area contributed by atoms with Crippen LogP contribution in [0.1, 0.15) is 39.2 Å². The van der Waals surface area contributed by atoms with Crippen LogP contribution >= 0.6 is 0 Å². The Balaban J connectivity index is 0.000000198. The van der Waals surface area contributed by atoms with Crippen molar-refractivity contribution in [1.82, 2.24) is 0 Å². The van der Waals surface area contributed by atoms with Gasteiger partial charge in [-0.3, -0.25) is 0 Å². The molecule has 3 heteroatoms. The van der Waals surface area contributed by atoms with E-state index in [-0.39, 0.29) is 0 Å². The third-order valence-corrected chi connectivity index (χ3v) is 5.28. The zero-order valence-electron chi connectivity index (χ0n) is 21.4. The number of rotatable bonds is 5. The van der Waals surface area contributed by atoms with Gasteiger partial charge in [-0.1, -0.05) is 94.4 Å². The van der Waals surface area contributed by atoms with Gasteiger partial charge in [0.15, 0.2) is 0 Å². The zero-order chi connectivity index (χ0) is 25.8. The summed E-state index contributed by atoms with van der Waals surface area (Å²) < 4.78 is 11.6. The van der Waals surface area contributed by atoms with E-state index in [1.165, 1.54) is 10.9 Å². The van der Waals surface area contributed by atoms with Crippen molar-refractivity contribution >= 4 is 10.8 Å². The molecule has 36 heavy (non-hydrogen) atoms. The molecule has 0 radical (unpaired) electrons. The summed E-state index contributed by atoms with van der Waals surface area (Å²) in [5.74, 6) is 4.01. The SMILES string of the molecule is CC.CC(C)c1ccc2cc(O)ccc2c1.c1ccc(Oc2cccc(Oc3ccccc3)c2)cc1. The Morgan fingerprint density at radius 2 is 0.972 bits per heavy atom. The summed E-state index contributed by atoms with van der Waals surface area (Å²) in [6.45, 7) is 8.36. The van der Waals surface area contributed by atoms with Gasteiger partial charge in [-0.05, 0) is 70.8 Å². The van der Waals surface area contributed by atoms with Gasteiger partial charge in [0.2, 0.25) is 0 Å². The zero-order valence-corrected chi connectivity index (χ0v) is 21.4. The Morgan fingerprint density at radius 3 is 1.50 bits per heavy atom. The minimum absolute atomic E-state index is 0.329. The first-order valence-electron chi connectivity index (χ1n) is 12.4. The number of para-hydroxylation sites is 2. The second kappa shape index (κ2) is 13.6. The topological polar surface area (TPSA) is 38.7 Å². The van der Waals surface area contributed by atoms with Gasteiger partial charge in [0.05, 0.1) is 0 Å². The van der Waals surface area contributed by atoms with Crippen LogP contribution in [0.4, 0.5) is 0 Å². The van der Waals surface area contributed by atoms with Crippen LogP contribution in [0.3, 0.4) is 0 Å². The lowest BCUT2D eigenvalue weighted by Gasteiger charge is -2.08. The van der Waals surface area contributed by atoms with Crippen LogP contribution in [0, 0.1) is 0 Å². The maximum absolute atomic E-state index is 9.31. The van der Waals surface area contributed by atoms with Crippen molar-refractivity contribution in [2.45, 2.75) is 33.6 Å². The highest BCUT2D eigenvalue weighted by Crippen LogP contribution is 2.28. The highest BCUT2D eigenvalue weighted by Gasteiger charge is 2.02. The molecule has 1 N–H and O–H groups in total. The molecule has 5 aromatic rings. The van der Waals surface area contributed by atoms with Crippen LogP contribution in [0.15, 0.2) is 121 Å². The predicted octanol–water partition coefficient (Wildman–Crippen LogP) is 9.97. The van der Waals surface area contributed by atoms with Crippen LogP contribution in [-0.4, -0.2) is 5.11 Å². The molecule has 0 atom stereocenters. The summed E-state index contributed by atoms with van der Waals surface area (Å²) in [6, 6.07) is 38.8. The Labute approximate surface area is 214 Å². The Hall–Kier alpha value is -4.24. The molecule has 0 amide bonds. The average Bonchev–Trinajstić information content (AvgIpc) is 2.91. The molecule has 0 heterocycles. The third-order valence-electron chi connectivity index (χ3n) is 5.28. The monoisotopic (exact) mass is 478 g/mol. The first-order chi connectivity index (χ1) is 17.6. The largest absolute Gasteiger partial charge is 0.508 e. The standard InChI is InChI=1S/C18H14O2.C13H14O.C2H6/c1-3-8-15(9-4-1)19-17-12-7-13-18(14-17)20-16-10-5-2-6-11-16;1-9(2)10-3-4-12-8-13(14)6-5-11(12)7-10;1-2/h1-14H;3-9,14H,1-2H3;1-2H3. The van der Waals surface area contributed by atoms with Gasteiger partial charge < -0.3 is 14.6 Å². The molecule has 0 aromatic heterocycles. The molecule has 0 aliphatic rings. The summed E-state index contributed by atoms with van der Waals surface area (Å²) in [4.78, 5) is 0. The Kier molecular flexibility index (Phi) is 9.96. The minimum Gasteiger partial charge on any atom is -0.508 e. The van der Waals surface area contributed by atoms with Gasteiger partial charge in [-0.25, -0.2) is 0 Å². The summed E-state index contributed by atoms with van der Waals surface area (Å²) in [7, 11) is 0. The number of hydrogen-bond donors (Lipinski definition) is 1. The molecule has 0 fully saturated rings. The summed E-state index contributed by atoms with van der Waals surface area (Å²) in [5, 5.41) is 11.6. The van der Waals surface area contributed by atoms with E-state index < -0.39 is 0 Å². The fourth-order valence-electron chi connectivity index (χ4n) is 3.46. The van der Waals surface area contributed by atoms with E-state index in [1.54, 1.807) is 12.1 Å². The number of benzene rings is 5. The fourth-order valence-corrected chi connectivity index (χ4v) is 3.46. The van der Waals surface area contributed by atoms with E-state index in [2.05, 4.69) is 32.0 Å². The van der Waals surface area contributed by atoms with Gasteiger partial charge >= 0.3 is 0 Å². The molecule has 5 aromatic carbocycles. The lowest BCUT2D eigenvalue weighted by molar-refractivity contribution is 0.460. The molecule has 0 unspecified atom stereocenters. The molecule has 0 aliphatic heterocycles. The Morgan fingerprint density at radius 1 is 0.500 bits per heavy atom. The maximum Gasteiger partial charge on any atom is 0.131 e. The lowest BCUT2D eigenvalue weighted by atomic mass is 9.99. The minimum atomic E-state index is 0.329. The van der Waals surface area contributed by atoms with Crippen molar-refractivity contribution in [1.29, 1.82) is 0 Å². The molecule has 0 bridgehead atoms. The second-order valence-electron chi connectivity index (χ2n) is 8.25. The van der Waals surface area contributed by atoms with E-state index in [4.69, 9.17) is 9.47 Å². The Bertz CT molecular complexity index is 1270. The molecule has 0 saturated carbocycles. The van der Waals surface area contributed by atoms with Crippen molar-refractivity contribution in [3.8, 4) is 28.7 Å². The number of aromatic hydroxyl groups is 1. The van der Waals surface area contributed by atoms with Gasteiger partial charge in [0.25, 0.3) is 0 Å². The van der Waals surface area contributed by atoms with Crippen LogP contribution in [-0.2, 0) is 0 Å². The van der Waals surface area contributed by atoms with Gasteiger partial charge in [-0.2, -0.15) is 0 Å². The number of ether oxygens (including phenoxy) is 2. The fraction of sp³-hybridized carbons (Fsp3) is 0.152. The molecular weight excluding hydrogens is 444 g/mol. The number of phenolic OH excluding ortho intramolecular Hbond substituents is 1. The highest BCUT2D eigenvalue weighted by molar-refractivity contribution is 5.84. The molecule has 0 saturated heterocycles.